The van der Waals surface area contributed by atoms with Gasteiger partial charge in [0.1, 0.15) is 17.2 Å². The van der Waals surface area contributed by atoms with Crippen LogP contribution in [0.2, 0.25) is 0 Å². The molecule has 4 rings (SSSR count). The van der Waals surface area contributed by atoms with Gasteiger partial charge in [0.15, 0.2) is 4.96 Å². The number of fused-ring (bicyclic) bond motifs is 1. The summed E-state index contributed by atoms with van der Waals surface area (Å²) >= 11 is 1.40. The monoisotopic (exact) mass is 405 g/mol. The quantitative estimate of drug-likeness (QED) is 0.469. The van der Waals surface area contributed by atoms with Crippen molar-refractivity contribution in [2.45, 2.75) is 20.8 Å². The van der Waals surface area contributed by atoms with Crippen molar-refractivity contribution in [2.24, 2.45) is 0 Å². The van der Waals surface area contributed by atoms with E-state index in [0.717, 1.165) is 38.8 Å². The number of nitrogens with zero attached hydrogens (tertiary/aromatic N) is 2. The number of rotatable bonds is 6. The largest absolute Gasteiger partial charge is 0.492 e. The van der Waals surface area contributed by atoms with Gasteiger partial charge in [-0.15, -0.1) is 0 Å². The van der Waals surface area contributed by atoms with Gasteiger partial charge in [-0.25, -0.2) is 4.98 Å². The first-order valence-electron chi connectivity index (χ1n) is 9.54. The van der Waals surface area contributed by atoms with Crippen molar-refractivity contribution in [3.05, 3.63) is 76.4 Å². The van der Waals surface area contributed by atoms with Crippen LogP contribution in [0.1, 0.15) is 26.5 Å². The molecule has 0 aliphatic carbocycles. The lowest BCUT2D eigenvalue weighted by molar-refractivity contribution is 0.0950. The molecular formula is C23H23N3O2S. The lowest BCUT2D eigenvalue weighted by Crippen LogP contribution is -2.28. The second kappa shape index (κ2) is 8.09. The molecule has 2 aromatic heterocycles. The Balaban J connectivity index is 1.39. The first-order valence-corrected chi connectivity index (χ1v) is 10.4. The minimum absolute atomic E-state index is 0.0942. The fraction of sp³-hybridized carbons (Fsp3) is 0.217. The van der Waals surface area contributed by atoms with E-state index in [1.807, 2.05) is 73.8 Å². The van der Waals surface area contributed by atoms with Crippen molar-refractivity contribution in [2.75, 3.05) is 13.2 Å². The van der Waals surface area contributed by atoms with Gasteiger partial charge < -0.3 is 10.1 Å². The topological polar surface area (TPSA) is 55.6 Å². The maximum absolute atomic E-state index is 12.6. The lowest BCUT2D eigenvalue weighted by atomic mass is 10.1. The van der Waals surface area contributed by atoms with Crippen LogP contribution < -0.4 is 10.1 Å². The number of aryl methyl sites for hydroxylation is 3. The normalized spacial score (nSPS) is 11.0. The molecule has 0 aliphatic heterocycles. The molecule has 1 N–H and O–H groups in total. The summed E-state index contributed by atoms with van der Waals surface area (Å²) in [6.45, 7) is 6.90. The highest BCUT2D eigenvalue weighted by molar-refractivity contribution is 7.19. The Morgan fingerprint density at radius 3 is 2.52 bits per heavy atom. The smallest absolute Gasteiger partial charge is 0.263 e. The molecule has 0 aliphatic rings. The van der Waals surface area contributed by atoms with Crippen LogP contribution in [-0.2, 0) is 0 Å². The maximum Gasteiger partial charge on any atom is 0.263 e. The van der Waals surface area contributed by atoms with Crippen molar-refractivity contribution >= 4 is 22.2 Å². The molecule has 148 valence electrons. The molecule has 2 aromatic carbocycles. The van der Waals surface area contributed by atoms with Gasteiger partial charge in [0.25, 0.3) is 5.91 Å². The number of carbonyl (C=O) groups is 1. The molecule has 0 atom stereocenters. The van der Waals surface area contributed by atoms with E-state index >= 15 is 0 Å². The van der Waals surface area contributed by atoms with Crippen LogP contribution >= 0.6 is 11.3 Å². The van der Waals surface area contributed by atoms with Crippen molar-refractivity contribution in [3.8, 4) is 17.0 Å². The van der Waals surface area contributed by atoms with E-state index in [4.69, 9.17) is 4.74 Å². The molecule has 6 heteroatoms. The summed E-state index contributed by atoms with van der Waals surface area (Å²) in [5.41, 5.74) is 5.20. The average molecular weight is 406 g/mol. The van der Waals surface area contributed by atoms with E-state index in [1.165, 1.54) is 11.3 Å². The minimum atomic E-state index is -0.0942. The molecule has 0 saturated carbocycles. The number of hydrogen-bond donors (Lipinski definition) is 1. The summed E-state index contributed by atoms with van der Waals surface area (Å²) in [5, 5.41) is 2.94. The van der Waals surface area contributed by atoms with Gasteiger partial charge in [-0.1, -0.05) is 47.7 Å². The Bertz CT molecular complexity index is 1140. The number of imidazole rings is 1. The molecule has 5 nitrogen and oxygen atoms in total. The summed E-state index contributed by atoms with van der Waals surface area (Å²) in [6.07, 6.45) is 1.98. The first kappa shape index (κ1) is 19.2. The Morgan fingerprint density at radius 1 is 1.10 bits per heavy atom. The van der Waals surface area contributed by atoms with E-state index in [0.29, 0.717) is 18.0 Å². The highest BCUT2D eigenvalue weighted by Crippen LogP contribution is 2.27. The van der Waals surface area contributed by atoms with E-state index in [-0.39, 0.29) is 5.91 Å². The van der Waals surface area contributed by atoms with Crippen LogP contribution in [0.25, 0.3) is 16.2 Å². The molecular weight excluding hydrogens is 382 g/mol. The van der Waals surface area contributed by atoms with Gasteiger partial charge in [-0.3, -0.25) is 9.20 Å². The van der Waals surface area contributed by atoms with Crippen molar-refractivity contribution in [1.29, 1.82) is 0 Å². The van der Waals surface area contributed by atoms with Crippen LogP contribution in [0, 0.1) is 20.8 Å². The van der Waals surface area contributed by atoms with Gasteiger partial charge in [0.2, 0.25) is 0 Å². The third-order valence-corrected chi connectivity index (χ3v) is 5.84. The number of hydrogen-bond acceptors (Lipinski definition) is 4. The minimum Gasteiger partial charge on any atom is -0.492 e. The van der Waals surface area contributed by atoms with Gasteiger partial charge in [0, 0.05) is 17.5 Å². The zero-order valence-electron chi connectivity index (χ0n) is 16.7. The molecule has 29 heavy (non-hydrogen) atoms. The predicted molar refractivity (Wildman–Crippen MR) is 117 cm³/mol. The number of carbonyl (C=O) groups excluding carboxylic acids is 1. The fourth-order valence-electron chi connectivity index (χ4n) is 3.34. The second-order valence-corrected chi connectivity index (χ2v) is 8.07. The van der Waals surface area contributed by atoms with Gasteiger partial charge in [-0.2, -0.15) is 0 Å². The van der Waals surface area contributed by atoms with E-state index in [1.54, 1.807) is 0 Å². The van der Waals surface area contributed by atoms with Crippen LogP contribution in [-0.4, -0.2) is 28.4 Å². The zero-order valence-corrected chi connectivity index (χ0v) is 17.5. The van der Waals surface area contributed by atoms with Crippen LogP contribution in [0.15, 0.2) is 54.7 Å². The first-order chi connectivity index (χ1) is 14.0. The maximum atomic E-state index is 12.6. The number of nitrogens with one attached hydrogen (secondary N) is 1. The highest BCUT2D eigenvalue weighted by atomic mass is 32.1. The van der Waals surface area contributed by atoms with Gasteiger partial charge in [0.05, 0.1) is 12.2 Å². The molecule has 4 aromatic rings. The van der Waals surface area contributed by atoms with E-state index in [2.05, 4.69) is 16.4 Å². The summed E-state index contributed by atoms with van der Waals surface area (Å²) in [7, 11) is 0. The Hall–Kier alpha value is -3.12. The number of aromatic nitrogens is 2. The van der Waals surface area contributed by atoms with Gasteiger partial charge in [-0.05, 0) is 44.0 Å². The molecule has 0 bridgehead atoms. The van der Waals surface area contributed by atoms with Crippen molar-refractivity contribution in [3.63, 3.8) is 0 Å². The Labute approximate surface area is 174 Å². The number of amides is 1. The summed E-state index contributed by atoms with van der Waals surface area (Å²) < 4.78 is 7.74. The van der Waals surface area contributed by atoms with Crippen LogP contribution in [0.4, 0.5) is 0 Å². The van der Waals surface area contributed by atoms with Gasteiger partial charge >= 0.3 is 0 Å². The number of ether oxygens (including phenoxy) is 1. The molecule has 0 saturated heterocycles. The SMILES string of the molecule is Cc1cc(C)cc(OCCNC(=O)c2sc3nc(-c4ccccc4)cn3c2C)c1. The third-order valence-electron chi connectivity index (χ3n) is 4.68. The third kappa shape index (κ3) is 4.17. The Kier molecular flexibility index (Phi) is 5.36. The molecule has 0 fully saturated rings. The molecule has 2 heterocycles. The number of thiazole rings is 1. The van der Waals surface area contributed by atoms with Crippen LogP contribution in [0.3, 0.4) is 0 Å². The predicted octanol–water partition coefficient (Wildman–Crippen LogP) is 4.80. The van der Waals surface area contributed by atoms with E-state index in [9.17, 15) is 4.79 Å². The zero-order chi connectivity index (χ0) is 20.4. The molecule has 0 spiro atoms. The van der Waals surface area contributed by atoms with Crippen LogP contribution in [0.5, 0.6) is 5.75 Å². The number of benzene rings is 2. The standard InChI is InChI=1S/C23H23N3O2S/c1-15-11-16(2)13-19(12-15)28-10-9-24-22(27)21-17(3)26-14-20(25-23(26)29-21)18-7-5-4-6-8-18/h4-8,11-14H,9-10H2,1-3H3,(H,24,27). The Morgan fingerprint density at radius 2 is 1.83 bits per heavy atom. The van der Waals surface area contributed by atoms with E-state index < -0.39 is 0 Å². The highest BCUT2D eigenvalue weighted by Gasteiger charge is 2.17. The lowest BCUT2D eigenvalue weighted by Gasteiger charge is -2.09. The van der Waals surface area contributed by atoms with Crippen molar-refractivity contribution < 1.29 is 9.53 Å². The molecule has 0 radical (unpaired) electrons. The fourth-order valence-corrected chi connectivity index (χ4v) is 4.36. The van der Waals surface area contributed by atoms with Crippen molar-refractivity contribution in [1.82, 2.24) is 14.7 Å². The summed E-state index contributed by atoms with van der Waals surface area (Å²) in [5.74, 6) is 0.735. The summed E-state index contributed by atoms with van der Waals surface area (Å²) in [4.78, 5) is 18.8. The average Bonchev–Trinajstić information content (AvgIpc) is 3.25. The molecule has 1 amide bonds. The molecule has 0 unspecified atom stereocenters. The summed E-state index contributed by atoms with van der Waals surface area (Å²) in [6, 6.07) is 16.1. The second-order valence-electron chi connectivity index (χ2n) is 7.09.